The van der Waals surface area contributed by atoms with Gasteiger partial charge in [-0.2, -0.15) is 0 Å². The average Bonchev–Trinajstić information content (AvgIpc) is 3.13. The molecule has 8 nitrogen and oxygen atoms in total. The second-order valence-corrected chi connectivity index (χ2v) is 7.54. The zero-order valence-corrected chi connectivity index (χ0v) is 18.0. The van der Waals surface area contributed by atoms with Crippen LogP contribution in [-0.2, 0) is 4.74 Å². The number of rotatable bonds is 5. The van der Waals surface area contributed by atoms with Crippen molar-refractivity contribution in [3.8, 4) is 22.1 Å². The molecule has 0 aliphatic heterocycles. The molecule has 0 radical (unpaired) electrons. The van der Waals surface area contributed by atoms with Crippen LogP contribution in [0.2, 0.25) is 0 Å². The van der Waals surface area contributed by atoms with Crippen molar-refractivity contribution in [3.63, 3.8) is 0 Å². The minimum Gasteiger partial charge on any atom is -0.495 e. The highest BCUT2D eigenvalue weighted by Gasteiger charge is 2.21. The maximum Gasteiger partial charge on any atom is 0.413 e. The molecule has 0 aliphatic carbocycles. The number of nitrogens with zero attached hydrogens (tertiary/aromatic N) is 3. The number of benzene rings is 2. The Morgan fingerprint density at radius 3 is 2.65 bits per heavy atom. The van der Waals surface area contributed by atoms with E-state index in [-0.39, 0.29) is 12.2 Å². The normalized spacial score (nSPS) is 10.8. The van der Waals surface area contributed by atoms with Gasteiger partial charge < -0.3 is 9.47 Å². The third-order valence-electron chi connectivity index (χ3n) is 4.59. The number of fused-ring (bicyclic) bond motifs is 1. The van der Waals surface area contributed by atoms with E-state index in [0.29, 0.717) is 43.9 Å². The minimum absolute atomic E-state index is 0.224. The molecule has 1 N–H and O–H groups in total. The van der Waals surface area contributed by atoms with Crippen LogP contribution in [0.3, 0.4) is 0 Å². The number of nitrogens with one attached hydrogen (secondary N) is 1. The Morgan fingerprint density at radius 2 is 1.87 bits per heavy atom. The van der Waals surface area contributed by atoms with Gasteiger partial charge in [-0.15, -0.1) is 0 Å². The molecule has 0 aliphatic rings. The lowest BCUT2D eigenvalue weighted by Gasteiger charge is -2.15. The molecule has 2 heterocycles. The van der Waals surface area contributed by atoms with E-state index in [9.17, 15) is 9.59 Å². The fourth-order valence-electron chi connectivity index (χ4n) is 3.23. The molecule has 4 rings (SSSR count). The van der Waals surface area contributed by atoms with Crippen LogP contribution in [-0.4, -0.2) is 34.3 Å². The highest BCUT2D eigenvalue weighted by molar-refractivity contribution is 7.19. The van der Waals surface area contributed by atoms with Gasteiger partial charge in [0.15, 0.2) is 11.0 Å². The molecule has 1 amide bonds. The number of aromatic nitrogens is 3. The molecule has 0 bridgehead atoms. The van der Waals surface area contributed by atoms with Gasteiger partial charge in [-0.25, -0.2) is 14.8 Å². The third kappa shape index (κ3) is 3.87. The Morgan fingerprint density at radius 1 is 1.13 bits per heavy atom. The number of carbonyl (C=O) groups is 1. The van der Waals surface area contributed by atoms with Gasteiger partial charge in [0.05, 0.1) is 40.9 Å². The van der Waals surface area contributed by atoms with Crippen LogP contribution >= 0.6 is 11.3 Å². The number of ether oxygens (including phenoxy) is 2. The number of carbonyl (C=O) groups excluding carboxylic acids is 1. The monoisotopic (exact) mass is 436 g/mol. The van der Waals surface area contributed by atoms with E-state index in [1.165, 1.54) is 15.9 Å². The molecule has 0 saturated carbocycles. The lowest BCUT2D eigenvalue weighted by atomic mass is 10.2. The molecule has 2 aromatic carbocycles. The van der Waals surface area contributed by atoms with Crippen molar-refractivity contribution in [2.24, 2.45) is 0 Å². The Balaban J connectivity index is 1.97. The van der Waals surface area contributed by atoms with Gasteiger partial charge in [-0.3, -0.25) is 14.7 Å². The van der Waals surface area contributed by atoms with E-state index in [1.807, 2.05) is 18.2 Å². The first kappa shape index (κ1) is 20.5. The number of hydrogen-bond acceptors (Lipinski definition) is 7. The first-order valence-electron chi connectivity index (χ1n) is 9.60. The van der Waals surface area contributed by atoms with Crippen molar-refractivity contribution < 1.29 is 14.3 Å². The molecule has 0 atom stereocenters. The fraction of sp³-hybridized carbons (Fsp3) is 0.182. The molecular weight excluding hydrogens is 416 g/mol. The summed E-state index contributed by atoms with van der Waals surface area (Å²) in [5, 5.41) is 3.46. The van der Waals surface area contributed by atoms with Gasteiger partial charge in [0.2, 0.25) is 0 Å². The number of amides is 1. The average molecular weight is 436 g/mol. The summed E-state index contributed by atoms with van der Waals surface area (Å²) < 4.78 is 12.0. The number of aryl methyl sites for hydroxylation is 1. The summed E-state index contributed by atoms with van der Waals surface area (Å²) >= 11 is 1.22. The van der Waals surface area contributed by atoms with Gasteiger partial charge in [-0.05, 0) is 38.1 Å². The Kier molecular flexibility index (Phi) is 5.68. The third-order valence-corrected chi connectivity index (χ3v) is 5.65. The summed E-state index contributed by atoms with van der Waals surface area (Å²) in [5.41, 5.74) is 1.54. The maximum absolute atomic E-state index is 13.5. The molecule has 0 fully saturated rings. The minimum atomic E-state index is -0.587. The van der Waals surface area contributed by atoms with E-state index < -0.39 is 6.09 Å². The molecule has 31 heavy (non-hydrogen) atoms. The Bertz CT molecular complexity index is 1330. The van der Waals surface area contributed by atoms with Crippen molar-refractivity contribution in [2.45, 2.75) is 13.8 Å². The van der Waals surface area contributed by atoms with Crippen molar-refractivity contribution in [3.05, 3.63) is 64.6 Å². The number of anilines is 1. The topological polar surface area (TPSA) is 95.3 Å². The molecule has 4 aromatic rings. The van der Waals surface area contributed by atoms with Crippen LogP contribution in [0.1, 0.15) is 12.6 Å². The van der Waals surface area contributed by atoms with E-state index in [0.717, 1.165) is 0 Å². The quantitative estimate of drug-likeness (QED) is 0.498. The first-order chi connectivity index (χ1) is 15.0. The summed E-state index contributed by atoms with van der Waals surface area (Å²) in [6.45, 7) is 3.78. The van der Waals surface area contributed by atoms with Crippen LogP contribution in [0.5, 0.6) is 5.75 Å². The van der Waals surface area contributed by atoms with Crippen molar-refractivity contribution in [1.29, 1.82) is 0 Å². The maximum atomic E-state index is 13.5. The van der Waals surface area contributed by atoms with Gasteiger partial charge in [0.1, 0.15) is 5.75 Å². The number of methoxy groups -OCH3 is 1. The van der Waals surface area contributed by atoms with E-state index in [2.05, 4.69) is 10.3 Å². The van der Waals surface area contributed by atoms with E-state index in [4.69, 9.17) is 14.5 Å². The Labute approximate surface area is 182 Å². The standard InChI is InChI=1S/C22H20N4O4S/c1-4-30-22(28)25-21-23-13(2)18(31-21)19-24-15-10-6-5-9-14(15)20(27)26(19)16-11-7-8-12-17(16)29-3/h5-12H,4H2,1-3H3,(H,23,25,28). The molecular formula is C22H20N4O4S. The second kappa shape index (κ2) is 8.57. The van der Waals surface area contributed by atoms with Crippen LogP contribution in [0, 0.1) is 6.92 Å². The fourth-order valence-corrected chi connectivity index (χ4v) is 4.17. The summed E-state index contributed by atoms with van der Waals surface area (Å²) in [4.78, 5) is 35.2. The number of para-hydroxylation sites is 3. The van der Waals surface area contributed by atoms with Gasteiger partial charge in [0, 0.05) is 0 Å². The Hall–Kier alpha value is -3.72. The van der Waals surface area contributed by atoms with Crippen LogP contribution < -0.4 is 15.6 Å². The SMILES string of the molecule is CCOC(=O)Nc1nc(C)c(-c2nc3ccccc3c(=O)n2-c2ccccc2OC)s1. The largest absolute Gasteiger partial charge is 0.495 e. The summed E-state index contributed by atoms with van der Waals surface area (Å²) in [6.07, 6.45) is -0.587. The first-order valence-corrected chi connectivity index (χ1v) is 10.4. The number of thiazole rings is 1. The van der Waals surface area contributed by atoms with E-state index >= 15 is 0 Å². The van der Waals surface area contributed by atoms with Crippen molar-refractivity contribution in [2.75, 3.05) is 19.0 Å². The summed E-state index contributed by atoms with van der Waals surface area (Å²) in [5.74, 6) is 0.954. The van der Waals surface area contributed by atoms with Crippen LogP contribution in [0.15, 0.2) is 53.3 Å². The zero-order chi connectivity index (χ0) is 22.0. The molecule has 0 unspecified atom stereocenters. The lowest BCUT2D eigenvalue weighted by Crippen LogP contribution is -2.22. The van der Waals surface area contributed by atoms with Gasteiger partial charge in [0.25, 0.3) is 5.56 Å². The van der Waals surface area contributed by atoms with Crippen LogP contribution in [0.25, 0.3) is 27.3 Å². The van der Waals surface area contributed by atoms with E-state index in [1.54, 1.807) is 51.3 Å². The molecule has 0 saturated heterocycles. The highest BCUT2D eigenvalue weighted by atomic mass is 32.1. The molecule has 2 aromatic heterocycles. The zero-order valence-electron chi connectivity index (χ0n) is 17.2. The second-order valence-electron chi connectivity index (χ2n) is 6.54. The van der Waals surface area contributed by atoms with Gasteiger partial charge >= 0.3 is 6.09 Å². The summed E-state index contributed by atoms with van der Waals surface area (Å²) in [6, 6.07) is 14.4. The van der Waals surface area contributed by atoms with Crippen molar-refractivity contribution in [1.82, 2.24) is 14.5 Å². The predicted molar refractivity (Wildman–Crippen MR) is 120 cm³/mol. The predicted octanol–water partition coefficient (Wildman–Crippen LogP) is 4.39. The summed E-state index contributed by atoms with van der Waals surface area (Å²) in [7, 11) is 1.55. The molecule has 9 heteroatoms. The highest BCUT2D eigenvalue weighted by Crippen LogP contribution is 2.34. The number of hydrogen-bond donors (Lipinski definition) is 1. The smallest absolute Gasteiger partial charge is 0.413 e. The van der Waals surface area contributed by atoms with Gasteiger partial charge in [-0.1, -0.05) is 35.6 Å². The van der Waals surface area contributed by atoms with Crippen molar-refractivity contribution >= 4 is 33.5 Å². The molecule has 158 valence electrons. The van der Waals surface area contributed by atoms with Crippen LogP contribution in [0.4, 0.5) is 9.93 Å². The lowest BCUT2D eigenvalue weighted by molar-refractivity contribution is 0.168. The molecule has 0 spiro atoms.